The van der Waals surface area contributed by atoms with Crippen molar-refractivity contribution in [2.75, 3.05) is 27.1 Å². The van der Waals surface area contributed by atoms with Crippen LogP contribution < -0.4 is 9.47 Å². The Morgan fingerprint density at radius 3 is 2.39 bits per heavy atom. The number of benzene rings is 1. The summed E-state index contributed by atoms with van der Waals surface area (Å²) in [5.74, 6) is 0.427. The van der Waals surface area contributed by atoms with Gasteiger partial charge in [-0.25, -0.2) is 4.79 Å². The summed E-state index contributed by atoms with van der Waals surface area (Å²) in [6, 6.07) is 3.45. The van der Waals surface area contributed by atoms with Gasteiger partial charge in [0.1, 0.15) is 0 Å². The fraction of sp³-hybridized carbons (Fsp3) is 0.417. The Balaban J connectivity index is 2.60. The van der Waals surface area contributed by atoms with Gasteiger partial charge in [0.25, 0.3) is 0 Å². The molecule has 1 aromatic carbocycles. The van der Waals surface area contributed by atoms with E-state index in [2.05, 4.69) is 0 Å². The highest BCUT2D eigenvalue weighted by Crippen LogP contribution is 2.48. The molecule has 0 aliphatic carbocycles. The average Bonchev–Trinajstić information content (AvgIpc) is 2.75. The molecule has 1 aromatic rings. The second-order valence-electron chi connectivity index (χ2n) is 3.83. The number of carboxylic acids is 1. The summed E-state index contributed by atoms with van der Waals surface area (Å²) < 4.78 is 15.6. The van der Waals surface area contributed by atoms with Crippen LogP contribution in [0.3, 0.4) is 0 Å². The first-order valence-corrected chi connectivity index (χ1v) is 6.25. The van der Waals surface area contributed by atoms with Crippen LogP contribution in [0, 0.1) is 0 Å². The summed E-state index contributed by atoms with van der Waals surface area (Å²) in [7, 11) is 4.46. The van der Waals surface area contributed by atoms with E-state index in [4.69, 9.17) is 14.2 Å². The minimum Gasteiger partial charge on any atom is -0.493 e. The fourth-order valence-electron chi connectivity index (χ4n) is 1.99. The molecule has 0 spiro atoms. The van der Waals surface area contributed by atoms with Crippen molar-refractivity contribution >= 4 is 17.7 Å². The highest BCUT2D eigenvalue weighted by molar-refractivity contribution is 7.99. The van der Waals surface area contributed by atoms with Crippen LogP contribution in [0.2, 0.25) is 0 Å². The highest BCUT2D eigenvalue weighted by atomic mass is 32.2. The lowest BCUT2D eigenvalue weighted by atomic mass is 9.95. The van der Waals surface area contributed by atoms with Crippen LogP contribution in [-0.4, -0.2) is 38.2 Å². The maximum absolute atomic E-state index is 11.5. The molecule has 18 heavy (non-hydrogen) atoms. The van der Waals surface area contributed by atoms with Gasteiger partial charge in [0, 0.05) is 23.3 Å². The standard InChI is InChI=1S/C12H14O5S/c1-15-8-4-7-10(5-9(8)16-2)18-6-12(7,17-3)11(13)14/h4-5H,6H2,1-3H3,(H,13,14). The van der Waals surface area contributed by atoms with Crippen molar-refractivity contribution in [1.29, 1.82) is 0 Å². The first kappa shape index (κ1) is 13.0. The van der Waals surface area contributed by atoms with Crippen LogP contribution >= 0.6 is 11.8 Å². The van der Waals surface area contributed by atoms with Gasteiger partial charge >= 0.3 is 5.97 Å². The fourth-order valence-corrected chi connectivity index (χ4v) is 3.31. The third kappa shape index (κ3) is 1.72. The van der Waals surface area contributed by atoms with Crippen molar-refractivity contribution in [3.8, 4) is 11.5 Å². The summed E-state index contributed by atoms with van der Waals surface area (Å²) in [5, 5.41) is 9.39. The predicted octanol–water partition coefficient (Wildman–Crippen LogP) is 1.74. The van der Waals surface area contributed by atoms with E-state index >= 15 is 0 Å². The molecule has 0 saturated heterocycles. The van der Waals surface area contributed by atoms with Gasteiger partial charge in [-0.2, -0.15) is 0 Å². The molecule has 0 saturated carbocycles. The Kier molecular flexibility index (Phi) is 3.41. The van der Waals surface area contributed by atoms with Crippen LogP contribution in [0.15, 0.2) is 17.0 Å². The molecule has 0 fully saturated rings. The summed E-state index contributed by atoms with van der Waals surface area (Å²) in [6.45, 7) is 0. The average molecular weight is 270 g/mol. The number of carbonyl (C=O) groups is 1. The van der Waals surface area contributed by atoms with E-state index in [-0.39, 0.29) is 0 Å². The minimum atomic E-state index is -1.31. The van der Waals surface area contributed by atoms with Crippen LogP contribution in [0.1, 0.15) is 5.56 Å². The van der Waals surface area contributed by atoms with E-state index in [0.29, 0.717) is 22.8 Å². The maximum Gasteiger partial charge on any atom is 0.341 e. The Morgan fingerprint density at radius 2 is 1.89 bits per heavy atom. The highest BCUT2D eigenvalue weighted by Gasteiger charge is 2.47. The summed E-state index contributed by atoms with van der Waals surface area (Å²) in [6.07, 6.45) is 0. The molecule has 1 atom stereocenters. The van der Waals surface area contributed by atoms with Crippen molar-refractivity contribution in [2.24, 2.45) is 0 Å². The Bertz CT molecular complexity index is 488. The van der Waals surface area contributed by atoms with E-state index in [1.165, 1.54) is 26.0 Å². The van der Waals surface area contributed by atoms with Crippen molar-refractivity contribution in [2.45, 2.75) is 10.5 Å². The van der Waals surface area contributed by atoms with Gasteiger partial charge in [0.15, 0.2) is 17.1 Å². The zero-order valence-electron chi connectivity index (χ0n) is 10.4. The number of aliphatic carboxylic acids is 1. The van der Waals surface area contributed by atoms with Crippen LogP contribution in [0.5, 0.6) is 11.5 Å². The molecule has 0 amide bonds. The SMILES string of the molecule is COc1cc2c(cc1OC)C(OC)(C(=O)O)CS2. The lowest BCUT2D eigenvalue weighted by Gasteiger charge is -2.23. The van der Waals surface area contributed by atoms with Crippen molar-refractivity contribution < 1.29 is 24.1 Å². The summed E-state index contributed by atoms with van der Waals surface area (Å²) in [4.78, 5) is 12.3. The molecule has 2 rings (SSSR count). The second kappa shape index (κ2) is 4.70. The number of methoxy groups -OCH3 is 3. The summed E-state index contributed by atoms with van der Waals surface area (Å²) in [5.41, 5.74) is -0.695. The number of hydrogen-bond donors (Lipinski definition) is 1. The Labute approximate surface area is 109 Å². The van der Waals surface area contributed by atoms with Gasteiger partial charge in [-0.15, -0.1) is 11.8 Å². The lowest BCUT2D eigenvalue weighted by Crippen LogP contribution is -2.38. The number of rotatable bonds is 4. The third-order valence-corrected chi connectivity index (χ3v) is 4.25. The molecule has 6 heteroatoms. The lowest BCUT2D eigenvalue weighted by molar-refractivity contribution is -0.160. The summed E-state index contributed by atoms with van der Waals surface area (Å²) >= 11 is 1.44. The normalized spacial score (nSPS) is 21.5. The van der Waals surface area contributed by atoms with Crippen molar-refractivity contribution in [3.05, 3.63) is 17.7 Å². The first-order chi connectivity index (χ1) is 8.58. The number of carboxylic acid groups (broad SMARTS) is 1. The molecule has 1 unspecified atom stereocenters. The largest absolute Gasteiger partial charge is 0.493 e. The molecular formula is C12H14O5S. The van der Waals surface area contributed by atoms with Crippen LogP contribution in [0.25, 0.3) is 0 Å². The molecule has 1 N–H and O–H groups in total. The molecule has 98 valence electrons. The van der Waals surface area contributed by atoms with Crippen molar-refractivity contribution in [3.63, 3.8) is 0 Å². The molecule has 1 heterocycles. The molecule has 1 aliphatic rings. The Hall–Kier alpha value is -1.40. The van der Waals surface area contributed by atoms with E-state index in [0.717, 1.165) is 4.90 Å². The van der Waals surface area contributed by atoms with E-state index in [1.54, 1.807) is 19.2 Å². The zero-order valence-corrected chi connectivity index (χ0v) is 11.2. The number of hydrogen-bond acceptors (Lipinski definition) is 5. The van der Waals surface area contributed by atoms with E-state index in [1.807, 2.05) is 0 Å². The number of fused-ring (bicyclic) bond motifs is 1. The molecular weight excluding hydrogens is 256 g/mol. The molecule has 0 aromatic heterocycles. The maximum atomic E-state index is 11.5. The van der Waals surface area contributed by atoms with E-state index in [9.17, 15) is 9.90 Å². The predicted molar refractivity (Wildman–Crippen MR) is 66.6 cm³/mol. The zero-order chi connectivity index (χ0) is 13.3. The van der Waals surface area contributed by atoms with E-state index < -0.39 is 11.6 Å². The van der Waals surface area contributed by atoms with Gasteiger partial charge in [-0.05, 0) is 12.1 Å². The number of thioether (sulfide) groups is 1. The van der Waals surface area contributed by atoms with Crippen LogP contribution in [-0.2, 0) is 15.1 Å². The molecule has 0 bridgehead atoms. The quantitative estimate of drug-likeness (QED) is 0.899. The third-order valence-electron chi connectivity index (χ3n) is 3.05. The topological polar surface area (TPSA) is 65.0 Å². The van der Waals surface area contributed by atoms with Gasteiger partial charge in [-0.3, -0.25) is 0 Å². The molecule has 0 radical (unpaired) electrons. The van der Waals surface area contributed by atoms with Crippen LogP contribution in [0.4, 0.5) is 0 Å². The molecule has 1 aliphatic heterocycles. The second-order valence-corrected chi connectivity index (χ2v) is 4.85. The van der Waals surface area contributed by atoms with Gasteiger partial charge < -0.3 is 19.3 Å². The van der Waals surface area contributed by atoms with Gasteiger partial charge in [0.2, 0.25) is 0 Å². The monoisotopic (exact) mass is 270 g/mol. The Morgan fingerprint density at radius 1 is 1.28 bits per heavy atom. The smallest absolute Gasteiger partial charge is 0.341 e. The molecule has 5 nitrogen and oxygen atoms in total. The first-order valence-electron chi connectivity index (χ1n) is 5.27. The van der Waals surface area contributed by atoms with Gasteiger partial charge in [0.05, 0.1) is 14.2 Å². The van der Waals surface area contributed by atoms with Gasteiger partial charge in [-0.1, -0.05) is 0 Å². The van der Waals surface area contributed by atoms with Crippen molar-refractivity contribution in [1.82, 2.24) is 0 Å². The minimum absolute atomic E-state index is 0.338. The number of ether oxygens (including phenoxy) is 3.